The summed E-state index contributed by atoms with van der Waals surface area (Å²) in [5, 5.41) is 0. The largest absolute Gasteiger partial charge is 0.475 e. The van der Waals surface area contributed by atoms with Crippen molar-refractivity contribution in [3.63, 3.8) is 0 Å². The van der Waals surface area contributed by atoms with Crippen LogP contribution in [0.2, 0.25) is 0 Å². The number of aromatic nitrogens is 4. The Morgan fingerprint density at radius 2 is 1.79 bits per heavy atom. The number of carbonyl (C=O) groups excluding carboxylic acids is 1. The Morgan fingerprint density at radius 3 is 2.52 bits per heavy atom. The Hall–Kier alpha value is -4.62. The first kappa shape index (κ1) is 33.3. The number of nitrogens with one attached hydrogen (secondary N) is 1. The van der Waals surface area contributed by atoms with Gasteiger partial charge < -0.3 is 19.3 Å². The van der Waals surface area contributed by atoms with Crippen LogP contribution in [0.25, 0.3) is 11.3 Å². The number of ether oxygens (including phenoxy) is 2. The molecule has 2 aliphatic rings. The van der Waals surface area contributed by atoms with Crippen molar-refractivity contribution in [2.45, 2.75) is 64.1 Å². The minimum Gasteiger partial charge on any atom is -0.475 e. The summed E-state index contributed by atoms with van der Waals surface area (Å²) < 4.78 is 42.3. The number of hydrogen-bond acceptors (Lipinski definition) is 10. The Morgan fingerprint density at radius 1 is 1.04 bits per heavy atom. The molecular weight excluding hydrogens is 630 g/mol. The second-order valence-corrected chi connectivity index (χ2v) is 14.6. The molecule has 0 radical (unpaired) electrons. The molecule has 0 unspecified atom stereocenters. The molecule has 1 aliphatic heterocycles. The van der Waals surface area contributed by atoms with E-state index >= 15 is 0 Å². The topological polar surface area (TPSA) is 140 Å². The first-order valence-electron chi connectivity index (χ1n) is 16.1. The van der Waals surface area contributed by atoms with Gasteiger partial charge in [0.05, 0.1) is 54.0 Å². The lowest BCUT2D eigenvalue weighted by atomic mass is 10.00. The molecule has 4 bridgehead atoms. The van der Waals surface area contributed by atoms with E-state index in [9.17, 15) is 13.2 Å². The fourth-order valence-electron chi connectivity index (χ4n) is 5.76. The third-order valence-electron chi connectivity index (χ3n) is 8.26. The molecule has 252 valence electrons. The van der Waals surface area contributed by atoms with Gasteiger partial charge in [0.25, 0.3) is 15.9 Å². The first-order valence-corrected chi connectivity index (χ1v) is 17.6. The van der Waals surface area contributed by atoms with E-state index in [0.717, 1.165) is 36.1 Å². The lowest BCUT2D eigenvalue weighted by molar-refractivity contribution is 0.0209. The predicted octanol–water partition coefficient (Wildman–Crippen LogP) is 5.03. The highest BCUT2D eigenvalue weighted by Gasteiger charge is 2.32. The minimum atomic E-state index is -4.18. The van der Waals surface area contributed by atoms with Gasteiger partial charge in [-0.3, -0.25) is 9.78 Å². The van der Waals surface area contributed by atoms with Crippen molar-refractivity contribution < 1.29 is 22.7 Å². The minimum absolute atomic E-state index is 0.0217. The SMILES string of the molecule is Cc1cccc(C)c1-c1cc2nc(n1)NS(=O)(=O)c1cccc(c1)C(=O)N(Cc1cncc(N(C)CC(C)C)n1)[C@H](COC1CC1)CO2. The summed E-state index contributed by atoms with van der Waals surface area (Å²) >= 11 is 0. The van der Waals surface area contributed by atoms with E-state index in [1.165, 1.54) is 12.1 Å². The molecule has 1 amide bonds. The number of rotatable bonds is 9. The van der Waals surface area contributed by atoms with Crippen molar-refractivity contribution in [3.05, 3.63) is 83.3 Å². The molecule has 0 spiro atoms. The van der Waals surface area contributed by atoms with Crippen LogP contribution in [-0.4, -0.2) is 78.1 Å². The maximum atomic E-state index is 14.4. The van der Waals surface area contributed by atoms with Crippen LogP contribution in [0.3, 0.4) is 0 Å². The smallest absolute Gasteiger partial charge is 0.264 e. The molecule has 2 aromatic heterocycles. The number of aryl methyl sites for hydroxylation is 2. The first-order chi connectivity index (χ1) is 23.0. The monoisotopic (exact) mass is 671 g/mol. The van der Waals surface area contributed by atoms with E-state index in [4.69, 9.17) is 14.5 Å². The second-order valence-electron chi connectivity index (χ2n) is 12.9. The van der Waals surface area contributed by atoms with E-state index in [2.05, 4.69) is 33.5 Å². The summed E-state index contributed by atoms with van der Waals surface area (Å²) in [4.78, 5) is 36.2. The van der Waals surface area contributed by atoms with Gasteiger partial charge in [0.2, 0.25) is 11.8 Å². The fourth-order valence-corrected chi connectivity index (χ4v) is 6.75. The van der Waals surface area contributed by atoms with E-state index in [1.807, 2.05) is 44.0 Å². The van der Waals surface area contributed by atoms with Crippen LogP contribution >= 0.6 is 0 Å². The Balaban J connectivity index is 1.44. The summed E-state index contributed by atoms with van der Waals surface area (Å²) in [7, 11) is -2.22. The number of nitrogens with zero attached hydrogens (tertiary/aromatic N) is 6. The van der Waals surface area contributed by atoms with Crippen LogP contribution < -0.4 is 14.4 Å². The molecule has 1 fully saturated rings. The van der Waals surface area contributed by atoms with Gasteiger partial charge in [-0.2, -0.15) is 4.98 Å². The van der Waals surface area contributed by atoms with Crippen LogP contribution in [0.5, 0.6) is 5.88 Å². The molecule has 1 atom stereocenters. The van der Waals surface area contributed by atoms with Crippen molar-refractivity contribution in [1.29, 1.82) is 0 Å². The average Bonchev–Trinajstić information content (AvgIpc) is 3.87. The summed E-state index contributed by atoms with van der Waals surface area (Å²) in [6.07, 6.45) is 5.37. The van der Waals surface area contributed by atoms with Crippen LogP contribution in [0.15, 0.2) is 65.8 Å². The number of fused-ring (bicyclic) bond motifs is 4. The Bertz CT molecular complexity index is 1900. The molecular formula is C35H41N7O5S. The quantitative estimate of drug-likeness (QED) is 0.258. The van der Waals surface area contributed by atoms with Crippen molar-refractivity contribution >= 4 is 27.7 Å². The van der Waals surface area contributed by atoms with Crippen molar-refractivity contribution in [1.82, 2.24) is 24.8 Å². The molecule has 48 heavy (non-hydrogen) atoms. The third kappa shape index (κ3) is 7.74. The molecule has 12 nitrogen and oxygen atoms in total. The fraction of sp³-hybridized carbons (Fsp3) is 0.400. The highest BCUT2D eigenvalue weighted by atomic mass is 32.2. The molecule has 1 N–H and O–H groups in total. The highest BCUT2D eigenvalue weighted by molar-refractivity contribution is 7.92. The highest BCUT2D eigenvalue weighted by Crippen LogP contribution is 2.31. The third-order valence-corrected chi connectivity index (χ3v) is 9.59. The molecule has 1 aliphatic carbocycles. The number of carbonyl (C=O) groups is 1. The summed E-state index contributed by atoms with van der Waals surface area (Å²) in [6, 6.07) is 13.0. The average molecular weight is 672 g/mol. The van der Waals surface area contributed by atoms with E-state index in [0.29, 0.717) is 23.1 Å². The van der Waals surface area contributed by atoms with Crippen LogP contribution in [0.4, 0.5) is 11.8 Å². The molecule has 6 rings (SSSR count). The maximum absolute atomic E-state index is 14.4. The van der Waals surface area contributed by atoms with Crippen LogP contribution in [0.1, 0.15) is 53.9 Å². The molecule has 1 saturated carbocycles. The Labute approximate surface area is 281 Å². The number of hydrogen-bond donors (Lipinski definition) is 1. The number of amides is 1. The van der Waals surface area contributed by atoms with Gasteiger partial charge in [0.15, 0.2) is 0 Å². The number of benzene rings is 2. The molecule has 3 heterocycles. The van der Waals surface area contributed by atoms with Crippen molar-refractivity contribution in [2.75, 3.05) is 36.4 Å². The molecule has 13 heteroatoms. The zero-order valence-corrected chi connectivity index (χ0v) is 28.7. The van der Waals surface area contributed by atoms with Gasteiger partial charge in [0.1, 0.15) is 12.4 Å². The van der Waals surface area contributed by atoms with Gasteiger partial charge >= 0.3 is 0 Å². The normalized spacial score (nSPS) is 17.5. The summed E-state index contributed by atoms with van der Waals surface area (Å²) in [6.45, 7) is 9.30. The lowest BCUT2D eigenvalue weighted by Crippen LogP contribution is -2.46. The van der Waals surface area contributed by atoms with Gasteiger partial charge in [-0.1, -0.05) is 38.1 Å². The van der Waals surface area contributed by atoms with Gasteiger partial charge in [-0.25, -0.2) is 23.1 Å². The van der Waals surface area contributed by atoms with E-state index in [1.54, 1.807) is 35.5 Å². The lowest BCUT2D eigenvalue weighted by Gasteiger charge is -2.32. The maximum Gasteiger partial charge on any atom is 0.264 e. The van der Waals surface area contributed by atoms with Crippen LogP contribution in [-0.2, 0) is 21.3 Å². The van der Waals surface area contributed by atoms with Gasteiger partial charge in [-0.15, -0.1) is 0 Å². The van der Waals surface area contributed by atoms with Gasteiger partial charge in [0, 0.05) is 30.8 Å². The van der Waals surface area contributed by atoms with Crippen molar-refractivity contribution in [2.24, 2.45) is 5.92 Å². The Kier molecular flexibility index (Phi) is 9.61. The van der Waals surface area contributed by atoms with E-state index < -0.39 is 22.0 Å². The predicted molar refractivity (Wildman–Crippen MR) is 182 cm³/mol. The number of sulfonamides is 1. The molecule has 0 saturated heterocycles. The van der Waals surface area contributed by atoms with Crippen molar-refractivity contribution in [3.8, 4) is 17.1 Å². The standard InChI is InChI=1S/C35H41N7O5S/c1-22(2)18-41(5)31-17-36-16-26(37-31)19-42-27(20-46-28-12-13-28)21-47-32-15-30(33-23(3)8-6-9-24(33)4)38-35(39-32)40-48(44,45)29-11-7-10-25(14-29)34(42)43/h6-11,14-17,22,27-28H,12-13,18-21H2,1-5H3,(H,38,39,40)/t27-/m1/s1. The molecule has 2 aromatic carbocycles. The number of anilines is 2. The summed E-state index contributed by atoms with van der Waals surface area (Å²) in [5.74, 6) is 0.732. The van der Waals surface area contributed by atoms with Gasteiger partial charge in [-0.05, 0) is 61.9 Å². The zero-order valence-electron chi connectivity index (χ0n) is 27.9. The molecule has 4 aromatic rings. The second kappa shape index (κ2) is 13.9. The zero-order chi connectivity index (χ0) is 34.0. The van der Waals surface area contributed by atoms with E-state index in [-0.39, 0.29) is 48.1 Å². The summed E-state index contributed by atoms with van der Waals surface area (Å²) in [5.41, 5.74) is 4.06. The van der Waals surface area contributed by atoms with Crippen LogP contribution in [0, 0.1) is 19.8 Å².